The Morgan fingerprint density at radius 2 is 1.51 bits per heavy atom. The van der Waals surface area contributed by atoms with E-state index in [0.717, 1.165) is 22.3 Å². The van der Waals surface area contributed by atoms with Gasteiger partial charge >= 0.3 is 5.97 Å². The molecule has 0 saturated carbocycles. The predicted octanol–water partition coefficient (Wildman–Crippen LogP) is 3.89. The van der Waals surface area contributed by atoms with Gasteiger partial charge in [0.2, 0.25) is 0 Å². The number of rotatable bonds is 7. The third kappa shape index (κ3) is 4.96. The summed E-state index contributed by atoms with van der Waals surface area (Å²) in [4.78, 5) is 18.4. The summed E-state index contributed by atoms with van der Waals surface area (Å²) in [6.07, 6.45) is 3.29. The van der Waals surface area contributed by atoms with Crippen LogP contribution in [-0.2, 0) is 21.6 Å². The Balaban J connectivity index is 1.60. The van der Waals surface area contributed by atoms with Gasteiger partial charge in [-0.1, -0.05) is 91.0 Å². The molecule has 1 unspecified atom stereocenters. The molecule has 3 aromatic carbocycles. The monoisotopic (exact) mass is 494 g/mol. The van der Waals surface area contributed by atoms with Crippen LogP contribution in [0.15, 0.2) is 103 Å². The van der Waals surface area contributed by atoms with Gasteiger partial charge in [0.05, 0.1) is 18.8 Å². The number of ether oxygens (including phenoxy) is 1. The van der Waals surface area contributed by atoms with Gasteiger partial charge in [-0.2, -0.15) is 5.10 Å². The molecule has 1 aliphatic rings. The minimum absolute atomic E-state index is 0.0134. The fourth-order valence-corrected chi connectivity index (χ4v) is 5.20. The zero-order valence-electron chi connectivity index (χ0n) is 20.8. The molecule has 5 rings (SSSR count). The molecule has 0 bridgehead atoms. The van der Waals surface area contributed by atoms with E-state index in [4.69, 9.17) is 4.74 Å². The van der Waals surface area contributed by atoms with Gasteiger partial charge in [0.1, 0.15) is 12.9 Å². The number of likely N-dealkylation sites (tertiary alicyclic amines) is 1. The van der Waals surface area contributed by atoms with E-state index >= 15 is 0 Å². The summed E-state index contributed by atoms with van der Waals surface area (Å²) in [6, 6.07) is 31.6. The third-order valence-electron chi connectivity index (χ3n) is 6.91. The maximum atomic E-state index is 11.6. The smallest absolute Gasteiger partial charge is 0.327 e. The number of carbonyl (C=O) groups excluding carboxylic acids is 1. The van der Waals surface area contributed by atoms with Crippen molar-refractivity contribution in [2.75, 3.05) is 20.2 Å². The van der Waals surface area contributed by atoms with Gasteiger partial charge < -0.3 is 9.84 Å². The van der Waals surface area contributed by atoms with Crippen molar-refractivity contribution in [2.24, 2.45) is 0 Å². The Hall–Kier alpha value is -4.07. The molecular formula is C30H30N4O3. The minimum Gasteiger partial charge on any atom is -0.468 e. The van der Waals surface area contributed by atoms with E-state index in [2.05, 4.69) is 87.8 Å². The first-order valence-electron chi connectivity index (χ1n) is 12.4. The van der Waals surface area contributed by atoms with E-state index in [1.165, 1.54) is 18.1 Å². The first-order chi connectivity index (χ1) is 18.1. The molecular weight excluding hydrogens is 464 g/mol. The highest BCUT2D eigenvalue weighted by Crippen LogP contribution is 2.44. The molecule has 0 radical (unpaired) electrons. The van der Waals surface area contributed by atoms with Crippen molar-refractivity contribution in [3.63, 3.8) is 0 Å². The Bertz CT molecular complexity index is 1260. The summed E-state index contributed by atoms with van der Waals surface area (Å²) in [5.41, 5.74) is 3.73. The van der Waals surface area contributed by atoms with E-state index in [0.29, 0.717) is 25.3 Å². The first-order valence-corrected chi connectivity index (χ1v) is 12.4. The number of aliphatic hydroxyl groups excluding tert-OH is 1. The van der Waals surface area contributed by atoms with Crippen LogP contribution in [0.3, 0.4) is 0 Å². The number of carbonyl (C=O) groups is 1. The normalized spacial score (nSPS) is 17.6. The van der Waals surface area contributed by atoms with Crippen molar-refractivity contribution >= 4 is 12.0 Å². The van der Waals surface area contributed by atoms with Gasteiger partial charge in [0.25, 0.3) is 0 Å². The van der Waals surface area contributed by atoms with Crippen LogP contribution in [0.25, 0.3) is 6.08 Å². The number of aliphatic hydroxyl groups is 1. The van der Waals surface area contributed by atoms with Crippen molar-refractivity contribution < 1.29 is 14.6 Å². The Morgan fingerprint density at radius 1 is 0.973 bits per heavy atom. The second kappa shape index (κ2) is 10.9. The lowest BCUT2D eigenvalue weighted by molar-refractivity contribution is -0.141. The van der Waals surface area contributed by atoms with E-state index in [9.17, 15) is 9.90 Å². The SMILES string of the molecule is COC(=O)Cn1cnc(C=C2CN(C(c3ccccc3)(c3ccccc3)c3ccccc3)CCC2O)n1. The maximum absolute atomic E-state index is 11.6. The van der Waals surface area contributed by atoms with Crippen LogP contribution >= 0.6 is 0 Å². The summed E-state index contributed by atoms with van der Waals surface area (Å²) < 4.78 is 6.16. The van der Waals surface area contributed by atoms with Crippen molar-refractivity contribution in [1.82, 2.24) is 19.7 Å². The van der Waals surface area contributed by atoms with Crippen molar-refractivity contribution in [2.45, 2.75) is 24.6 Å². The Kier molecular flexibility index (Phi) is 7.25. The summed E-state index contributed by atoms with van der Waals surface area (Å²) in [5, 5.41) is 15.4. The molecule has 1 N–H and O–H groups in total. The number of nitrogens with zero attached hydrogens (tertiary/aromatic N) is 4. The molecule has 37 heavy (non-hydrogen) atoms. The zero-order chi connectivity index (χ0) is 25.7. The minimum atomic E-state index is -0.608. The summed E-state index contributed by atoms with van der Waals surface area (Å²) in [5.74, 6) is 0.0517. The van der Waals surface area contributed by atoms with Gasteiger partial charge in [-0.05, 0) is 34.8 Å². The summed E-state index contributed by atoms with van der Waals surface area (Å²) in [7, 11) is 1.34. The molecule has 0 amide bonds. The van der Waals surface area contributed by atoms with Crippen LogP contribution in [0.2, 0.25) is 0 Å². The lowest BCUT2D eigenvalue weighted by Gasteiger charge is -2.48. The summed E-state index contributed by atoms with van der Waals surface area (Å²) in [6.45, 7) is 1.20. The Labute approximate surface area is 216 Å². The molecule has 1 saturated heterocycles. The summed E-state index contributed by atoms with van der Waals surface area (Å²) >= 11 is 0. The fourth-order valence-electron chi connectivity index (χ4n) is 5.20. The van der Waals surface area contributed by atoms with Gasteiger partial charge in [0, 0.05) is 13.1 Å². The molecule has 0 aliphatic carbocycles. The first kappa shape index (κ1) is 24.6. The van der Waals surface area contributed by atoms with Gasteiger partial charge in [0.15, 0.2) is 5.82 Å². The van der Waals surface area contributed by atoms with Crippen LogP contribution in [0, 0.1) is 0 Å². The number of hydrogen-bond donors (Lipinski definition) is 1. The van der Waals surface area contributed by atoms with Gasteiger partial charge in [-0.25, -0.2) is 9.67 Å². The second-order valence-corrected chi connectivity index (χ2v) is 9.13. The molecule has 4 aromatic rings. The molecule has 1 aliphatic heterocycles. The topological polar surface area (TPSA) is 80.5 Å². The average molecular weight is 495 g/mol. The molecule has 1 fully saturated rings. The van der Waals surface area contributed by atoms with E-state index in [-0.39, 0.29) is 6.54 Å². The standard InChI is InChI=1S/C30H30N4O3/c1-37-29(36)21-34-22-31-28(32-34)19-23-20-33(18-17-27(23)35)30(24-11-5-2-6-12-24,25-13-7-3-8-14-25)26-15-9-4-10-16-26/h2-16,19,22,27,35H,17-18,20-21H2,1H3. The lowest BCUT2D eigenvalue weighted by Crippen LogP contribution is -2.52. The molecule has 0 spiro atoms. The molecule has 188 valence electrons. The molecule has 7 nitrogen and oxygen atoms in total. The molecule has 1 atom stereocenters. The highest BCUT2D eigenvalue weighted by atomic mass is 16.5. The highest BCUT2D eigenvalue weighted by molar-refractivity contribution is 5.68. The van der Waals surface area contributed by atoms with E-state index in [1.807, 2.05) is 24.3 Å². The molecule has 1 aromatic heterocycles. The fraction of sp³-hybridized carbons (Fsp3) is 0.233. The maximum Gasteiger partial charge on any atom is 0.327 e. The van der Waals surface area contributed by atoms with Crippen LogP contribution in [-0.4, -0.2) is 57.0 Å². The number of hydrogen-bond acceptors (Lipinski definition) is 6. The van der Waals surface area contributed by atoms with Crippen LogP contribution in [0.1, 0.15) is 28.9 Å². The van der Waals surface area contributed by atoms with Crippen molar-refractivity contribution in [1.29, 1.82) is 0 Å². The van der Waals surface area contributed by atoms with E-state index < -0.39 is 17.6 Å². The number of methoxy groups -OCH3 is 1. The van der Waals surface area contributed by atoms with Crippen LogP contribution < -0.4 is 0 Å². The largest absolute Gasteiger partial charge is 0.468 e. The number of benzene rings is 3. The zero-order valence-corrected chi connectivity index (χ0v) is 20.8. The number of aromatic nitrogens is 3. The van der Waals surface area contributed by atoms with Crippen molar-refractivity contribution in [3.8, 4) is 0 Å². The second-order valence-electron chi connectivity index (χ2n) is 9.13. The van der Waals surface area contributed by atoms with E-state index in [1.54, 1.807) is 0 Å². The Morgan fingerprint density at radius 3 is 2.03 bits per heavy atom. The van der Waals surface area contributed by atoms with Crippen LogP contribution in [0.5, 0.6) is 0 Å². The van der Waals surface area contributed by atoms with Crippen LogP contribution in [0.4, 0.5) is 0 Å². The molecule has 7 heteroatoms. The quantitative estimate of drug-likeness (QED) is 0.310. The predicted molar refractivity (Wildman–Crippen MR) is 141 cm³/mol. The molecule has 2 heterocycles. The van der Waals surface area contributed by atoms with Gasteiger partial charge in [-0.15, -0.1) is 0 Å². The number of esters is 1. The lowest BCUT2D eigenvalue weighted by atomic mass is 9.74. The van der Waals surface area contributed by atoms with Crippen molar-refractivity contribution in [3.05, 3.63) is 125 Å². The third-order valence-corrected chi connectivity index (χ3v) is 6.91. The highest BCUT2D eigenvalue weighted by Gasteiger charge is 2.44. The average Bonchev–Trinajstić information content (AvgIpc) is 3.39. The number of piperidine rings is 1. The van der Waals surface area contributed by atoms with Gasteiger partial charge in [-0.3, -0.25) is 9.69 Å².